The average Bonchev–Trinajstić information content (AvgIpc) is 2.88. The molecule has 0 spiro atoms. The third-order valence-corrected chi connectivity index (χ3v) is 3.86. The Kier molecular flexibility index (Phi) is 3.40. The second-order valence-electron chi connectivity index (χ2n) is 5.28. The Labute approximate surface area is 117 Å². The Morgan fingerprint density at radius 3 is 3.05 bits per heavy atom. The molecule has 1 aromatic carbocycles. The van der Waals surface area contributed by atoms with Crippen molar-refractivity contribution >= 4 is 23.0 Å². The molecule has 6 heteroatoms. The molecule has 2 atom stereocenters. The van der Waals surface area contributed by atoms with Crippen LogP contribution in [0.3, 0.4) is 0 Å². The van der Waals surface area contributed by atoms with Gasteiger partial charge >= 0.3 is 0 Å². The van der Waals surface area contributed by atoms with Gasteiger partial charge in [0.25, 0.3) is 5.91 Å². The summed E-state index contributed by atoms with van der Waals surface area (Å²) in [5, 5.41) is 6.21. The number of rotatable bonds is 3. The molecule has 6 nitrogen and oxygen atoms in total. The largest absolute Gasteiger partial charge is 0.482 e. The second-order valence-corrected chi connectivity index (χ2v) is 5.28. The van der Waals surface area contributed by atoms with E-state index in [9.17, 15) is 4.79 Å². The van der Waals surface area contributed by atoms with Crippen molar-refractivity contribution in [3.05, 3.63) is 12.1 Å². The number of anilines is 3. The molecule has 0 bridgehead atoms. The summed E-state index contributed by atoms with van der Waals surface area (Å²) in [5.41, 5.74) is 8.16. The average molecular weight is 277 g/mol. The molecule has 20 heavy (non-hydrogen) atoms. The van der Waals surface area contributed by atoms with E-state index in [4.69, 9.17) is 15.2 Å². The highest BCUT2D eigenvalue weighted by molar-refractivity contribution is 5.97. The Balaban J connectivity index is 1.76. The number of methoxy groups -OCH3 is 1. The third kappa shape index (κ3) is 2.51. The predicted octanol–water partition coefficient (Wildman–Crippen LogP) is 1.58. The summed E-state index contributed by atoms with van der Waals surface area (Å²) in [7, 11) is 1.74. The van der Waals surface area contributed by atoms with Crippen molar-refractivity contribution in [1.29, 1.82) is 0 Å². The fraction of sp³-hybridized carbons (Fsp3) is 0.500. The zero-order chi connectivity index (χ0) is 14.1. The van der Waals surface area contributed by atoms with Crippen LogP contribution in [0.1, 0.15) is 19.3 Å². The van der Waals surface area contributed by atoms with Crippen LogP contribution in [-0.2, 0) is 9.53 Å². The maximum absolute atomic E-state index is 11.3. The summed E-state index contributed by atoms with van der Waals surface area (Å²) in [6, 6.07) is 3.93. The zero-order valence-electron chi connectivity index (χ0n) is 11.4. The molecule has 1 aliphatic carbocycles. The lowest BCUT2D eigenvalue weighted by atomic mass is 10.1. The van der Waals surface area contributed by atoms with Crippen molar-refractivity contribution in [3.63, 3.8) is 0 Å². The van der Waals surface area contributed by atoms with Gasteiger partial charge in [-0.05, 0) is 25.3 Å². The van der Waals surface area contributed by atoms with Crippen molar-refractivity contribution in [2.24, 2.45) is 0 Å². The van der Waals surface area contributed by atoms with Gasteiger partial charge in [-0.3, -0.25) is 4.79 Å². The van der Waals surface area contributed by atoms with Crippen LogP contribution in [0.4, 0.5) is 17.1 Å². The van der Waals surface area contributed by atoms with E-state index in [-0.39, 0.29) is 12.5 Å². The van der Waals surface area contributed by atoms with Gasteiger partial charge in [0, 0.05) is 19.2 Å². The maximum atomic E-state index is 11.3. The minimum atomic E-state index is -0.145. The molecule has 0 aromatic heterocycles. The molecule has 0 saturated heterocycles. The van der Waals surface area contributed by atoms with Gasteiger partial charge in [0.2, 0.25) is 0 Å². The van der Waals surface area contributed by atoms with Gasteiger partial charge in [-0.2, -0.15) is 0 Å². The monoisotopic (exact) mass is 277 g/mol. The summed E-state index contributed by atoms with van der Waals surface area (Å²) in [4.78, 5) is 11.3. The lowest BCUT2D eigenvalue weighted by Crippen LogP contribution is -2.26. The van der Waals surface area contributed by atoms with E-state index in [1.165, 1.54) is 0 Å². The number of carbonyl (C=O) groups excluding carboxylic acids is 1. The van der Waals surface area contributed by atoms with E-state index in [2.05, 4.69) is 10.6 Å². The highest BCUT2D eigenvalue weighted by atomic mass is 16.5. The first-order valence-electron chi connectivity index (χ1n) is 6.81. The zero-order valence-corrected chi connectivity index (χ0v) is 11.4. The standard InChI is InChI=1S/C14H19N3O3/c1-19-9-3-2-8(4-9)16-11-6-12-13(5-10(11)15)20-7-14(18)17-12/h5-6,8-9,16H,2-4,7,15H2,1H3,(H,17,18). The summed E-state index contributed by atoms with van der Waals surface area (Å²) in [5.74, 6) is 0.474. The molecule has 1 fully saturated rings. The third-order valence-electron chi connectivity index (χ3n) is 3.86. The summed E-state index contributed by atoms with van der Waals surface area (Å²) in [6.45, 7) is 0.0390. The first-order valence-corrected chi connectivity index (χ1v) is 6.81. The fourth-order valence-electron chi connectivity index (χ4n) is 2.77. The Morgan fingerprint density at radius 1 is 1.45 bits per heavy atom. The number of benzene rings is 1. The van der Waals surface area contributed by atoms with Gasteiger partial charge < -0.3 is 25.8 Å². The van der Waals surface area contributed by atoms with Crippen molar-refractivity contribution in [2.75, 3.05) is 30.1 Å². The van der Waals surface area contributed by atoms with Gasteiger partial charge in [-0.1, -0.05) is 0 Å². The lowest BCUT2D eigenvalue weighted by Gasteiger charge is -2.22. The molecule has 1 aromatic rings. The van der Waals surface area contributed by atoms with Crippen LogP contribution in [-0.4, -0.2) is 31.8 Å². The number of hydrogen-bond donors (Lipinski definition) is 3. The molecule has 1 heterocycles. The quantitative estimate of drug-likeness (QED) is 0.730. The molecular weight excluding hydrogens is 258 g/mol. The molecule has 108 valence electrons. The summed E-state index contributed by atoms with van der Waals surface area (Å²) >= 11 is 0. The molecule has 4 N–H and O–H groups in total. The molecule has 1 amide bonds. The highest BCUT2D eigenvalue weighted by Crippen LogP contribution is 2.36. The van der Waals surface area contributed by atoms with Gasteiger partial charge in [0.05, 0.1) is 23.2 Å². The smallest absolute Gasteiger partial charge is 0.262 e. The van der Waals surface area contributed by atoms with E-state index < -0.39 is 0 Å². The number of hydrogen-bond acceptors (Lipinski definition) is 5. The summed E-state index contributed by atoms with van der Waals surface area (Å²) in [6.07, 6.45) is 3.39. The first kappa shape index (κ1) is 13.1. The SMILES string of the molecule is COC1CCC(Nc2cc3c(cc2N)OCC(=O)N3)C1. The molecule has 1 saturated carbocycles. The van der Waals surface area contributed by atoms with Gasteiger partial charge in [-0.15, -0.1) is 0 Å². The number of carbonyl (C=O) groups is 1. The van der Waals surface area contributed by atoms with E-state index in [1.807, 2.05) is 6.07 Å². The van der Waals surface area contributed by atoms with Crippen LogP contribution in [0, 0.1) is 0 Å². The number of fused-ring (bicyclic) bond motifs is 1. The van der Waals surface area contributed by atoms with E-state index in [1.54, 1.807) is 13.2 Å². The minimum Gasteiger partial charge on any atom is -0.482 e. The van der Waals surface area contributed by atoms with Crippen molar-refractivity contribution < 1.29 is 14.3 Å². The number of nitrogens with one attached hydrogen (secondary N) is 2. The normalized spacial score (nSPS) is 24.8. The van der Waals surface area contributed by atoms with Crippen LogP contribution in [0.2, 0.25) is 0 Å². The minimum absolute atomic E-state index is 0.0390. The van der Waals surface area contributed by atoms with Crippen LogP contribution in [0.5, 0.6) is 5.75 Å². The van der Waals surface area contributed by atoms with Gasteiger partial charge in [-0.25, -0.2) is 0 Å². The maximum Gasteiger partial charge on any atom is 0.262 e. The Hall–Kier alpha value is -1.95. The number of nitrogens with two attached hydrogens (primary N) is 1. The molecule has 3 rings (SSSR count). The predicted molar refractivity (Wildman–Crippen MR) is 77.0 cm³/mol. The number of nitrogen functional groups attached to an aromatic ring is 1. The molecular formula is C14H19N3O3. The molecule has 2 unspecified atom stereocenters. The molecule has 2 aliphatic rings. The number of amides is 1. The van der Waals surface area contributed by atoms with E-state index in [0.29, 0.717) is 29.3 Å². The van der Waals surface area contributed by atoms with Crippen LogP contribution < -0.4 is 21.1 Å². The van der Waals surface area contributed by atoms with Crippen LogP contribution in [0.15, 0.2) is 12.1 Å². The summed E-state index contributed by atoms with van der Waals surface area (Å²) < 4.78 is 10.7. The lowest BCUT2D eigenvalue weighted by molar-refractivity contribution is -0.118. The van der Waals surface area contributed by atoms with Crippen molar-refractivity contribution in [1.82, 2.24) is 0 Å². The highest BCUT2D eigenvalue weighted by Gasteiger charge is 2.25. The topological polar surface area (TPSA) is 85.6 Å². The Bertz CT molecular complexity index is 533. The van der Waals surface area contributed by atoms with Gasteiger partial charge in [0.1, 0.15) is 5.75 Å². The van der Waals surface area contributed by atoms with E-state index in [0.717, 1.165) is 24.9 Å². The van der Waals surface area contributed by atoms with Crippen molar-refractivity contribution in [3.8, 4) is 5.75 Å². The van der Waals surface area contributed by atoms with Gasteiger partial charge in [0.15, 0.2) is 6.61 Å². The van der Waals surface area contributed by atoms with E-state index >= 15 is 0 Å². The molecule has 0 radical (unpaired) electrons. The van der Waals surface area contributed by atoms with Crippen LogP contribution in [0.25, 0.3) is 0 Å². The first-order chi connectivity index (χ1) is 9.65. The second kappa shape index (κ2) is 5.20. The number of ether oxygens (including phenoxy) is 2. The van der Waals surface area contributed by atoms with Crippen LogP contribution >= 0.6 is 0 Å². The Morgan fingerprint density at radius 2 is 2.30 bits per heavy atom. The van der Waals surface area contributed by atoms with Crippen molar-refractivity contribution in [2.45, 2.75) is 31.4 Å². The molecule has 1 aliphatic heterocycles. The fourth-order valence-corrected chi connectivity index (χ4v) is 2.77.